The average molecular weight is 335 g/mol. The third kappa shape index (κ3) is 2.27. The Bertz CT molecular complexity index is 487. The Hall–Kier alpha value is -0.0600. The third-order valence-electron chi connectivity index (χ3n) is 2.16. The minimum Gasteiger partial charge on any atom is -0.417 e. The molecule has 0 spiro atoms. The van der Waals surface area contributed by atoms with Crippen molar-refractivity contribution in [3.05, 3.63) is 28.8 Å². The van der Waals surface area contributed by atoms with Crippen LogP contribution in [0.3, 0.4) is 0 Å². The van der Waals surface area contributed by atoms with E-state index in [9.17, 15) is 4.79 Å². The monoisotopic (exact) mass is 333 g/mol. The van der Waals surface area contributed by atoms with Crippen LogP contribution in [0, 0.1) is 0 Å². The molecule has 1 amide bonds. The molecule has 0 saturated carbocycles. The second kappa shape index (κ2) is 4.25. The van der Waals surface area contributed by atoms with Gasteiger partial charge in [-0.25, -0.2) is 4.79 Å². The lowest BCUT2D eigenvalue weighted by molar-refractivity contribution is 0.0789. The zero-order chi connectivity index (χ0) is 12.8. The van der Waals surface area contributed by atoms with Gasteiger partial charge in [-0.15, -0.1) is 0 Å². The van der Waals surface area contributed by atoms with Gasteiger partial charge < -0.3 is 4.74 Å². The van der Waals surface area contributed by atoms with Crippen LogP contribution >= 0.6 is 58.0 Å². The van der Waals surface area contributed by atoms with Gasteiger partial charge in [0.1, 0.15) is 0 Å². The van der Waals surface area contributed by atoms with Gasteiger partial charge in [-0.2, -0.15) is 0 Å². The van der Waals surface area contributed by atoms with Crippen LogP contribution in [0.15, 0.2) is 18.2 Å². The number of hydrogen-bond acceptors (Lipinski definition) is 2. The predicted octanol–water partition coefficient (Wildman–Crippen LogP) is 4.66. The summed E-state index contributed by atoms with van der Waals surface area (Å²) in [7, 11) is 0. The van der Waals surface area contributed by atoms with E-state index < -0.39 is 14.9 Å². The van der Waals surface area contributed by atoms with Crippen LogP contribution in [0.2, 0.25) is 5.02 Å². The molecule has 2 rings (SSSR count). The number of benzene rings is 1. The lowest BCUT2D eigenvalue weighted by Gasteiger charge is -2.37. The smallest absolute Gasteiger partial charge is 0.413 e. The summed E-state index contributed by atoms with van der Waals surface area (Å²) < 4.78 is 2.84. The van der Waals surface area contributed by atoms with E-state index in [1.807, 2.05) is 0 Å². The molecule has 1 unspecified atom stereocenters. The van der Waals surface area contributed by atoms with Gasteiger partial charge in [-0.05, 0) is 18.2 Å². The summed E-state index contributed by atoms with van der Waals surface area (Å²) >= 11 is 29.2. The third-order valence-corrected chi connectivity index (χ3v) is 4.05. The van der Waals surface area contributed by atoms with Crippen molar-refractivity contribution < 1.29 is 9.53 Å². The molecule has 17 heavy (non-hydrogen) atoms. The Morgan fingerprint density at radius 1 is 1.29 bits per heavy atom. The molecule has 0 radical (unpaired) electrons. The lowest BCUT2D eigenvalue weighted by atomic mass is 10.1. The molecule has 1 atom stereocenters. The number of carbonyl (C=O) groups is 1. The Morgan fingerprint density at radius 3 is 2.53 bits per heavy atom. The van der Waals surface area contributed by atoms with Crippen LogP contribution < -0.4 is 5.32 Å². The number of fused-ring (bicyclic) bond motifs is 1. The summed E-state index contributed by atoms with van der Waals surface area (Å²) in [5.74, 6) is 0. The summed E-state index contributed by atoms with van der Waals surface area (Å²) in [6, 6.07) is 4.58. The van der Waals surface area contributed by atoms with Crippen molar-refractivity contribution in [2.45, 2.75) is 8.85 Å². The molecule has 0 saturated heterocycles. The maximum absolute atomic E-state index is 11.3. The predicted molar refractivity (Wildman–Crippen MR) is 69.4 cm³/mol. The van der Waals surface area contributed by atoms with Gasteiger partial charge >= 0.3 is 6.09 Å². The van der Waals surface area contributed by atoms with E-state index in [1.54, 1.807) is 12.1 Å². The van der Waals surface area contributed by atoms with Gasteiger partial charge in [0.05, 0.1) is 5.69 Å². The molecular weight excluding hydrogens is 331 g/mol. The molecule has 3 nitrogen and oxygen atoms in total. The second-order valence-corrected chi connectivity index (χ2v) is 6.55. The highest BCUT2D eigenvalue weighted by molar-refractivity contribution is 6.70. The quantitative estimate of drug-likeness (QED) is 0.700. The van der Waals surface area contributed by atoms with E-state index in [-0.39, 0.29) is 5.56 Å². The molecule has 0 aromatic heterocycles. The highest BCUT2D eigenvalue weighted by Gasteiger charge is 2.55. The molecule has 8 heteroatoms. The van der Waals surface area contributed by atoms with Gasteiger partial charge in [-0.1, -0.05) is 58.0 Å². The molecule has 1 N–H and O–H groups in total. The number of amides is 1. The van der Waals surface area contributed by atoms with Crippen molar-refractivity contribution in [3.63, 3.8) is 0 Å². The molecule has 1 aromatic rings. The first-order chi connectivity index (χ1) is 7.74. The molecule has 1 heterocycles. The largest absolute Gasteiger partial charge is 0.417 e. The highest BCUT2D eigenvalue weighted by Crippen LogP contribution is 2.54. The minimum atomic E-state index is -2.04. The van der Waals surface area contributed by atoms with E-state index in [4.69, 9.17) is 62.7 Å². The number of ether oxygens (including phenoxy) is 1. The first-order valence-electron chi connectivity index (χ1n) is 4.30. The topological polar surface area (TPSA) is 38.3 Å². The fourth-order valence-corrected chi connectivity index (χ4v) is 2.24. The molecule has 0 bridgehead atoms. The van der Waals surface area contributed by atoms with Gasteiger partial charge in [0.15, 0.2) is 0 Å². The zero-order valence-electron chi connectivity index (χ0n) is 7.94. The minimum absolute atomic E-state index is 0.284. The normalized spacial score (nSPS) is 23.7. The zero-order valence-corrected chi connectivity index (χ0v) is 11.7. The summed E-state index contributed by atoms with van der Waals surface area (Å²) in [6.07, 6.45) is -0.804. The van der Waals surface area contributed by atoms with Crippen molar-refractivity contribution in [2.75, 3.05) is 5.32 Å². The molecule has 92 valence electrons. The van der Waals surface area contributed by atoms with E-state index >= 15 is 0 Å². The van der Waals surface area contributed by atoms with Gasteiger partial charge in [-0.3, -0.25) is 5.32 Å². The second-order valence-electron chi connectivity index (χ2n) is 3.30. The number of cyclic esters (lactones) is 1. The molecule has 1 aromatic carbocycles. The highest BCUT2D eigenvalue weighted by atomic mass is 35.6. The van der Waals surface area contributed by atoms with Gasteiger partial charge in [0.2, 0.25) is 3.79 Å². The first-order valence-corrected chi connectivity index (χ1v) is 6.19. The number of alkyl halides is 4. The summed E-state index contributed by atoms with van der Waals surface area (Å²) in [4.78, 5) is 11.3. The summed E-state index contributed by atoms with van der Waals surface area (Å²) in [6.45, 7) is 0. The Labute approximate surface area is 122 Å². The van der Waals surface area contributed by atoms with Crippen LogP contribution in [0.25, 0.3) is 0 Å². The number of halogens is 5. The van der Waals surface area contributed by atoms with E-state index in [1.165, 1.54) is 6.07 Å². The lowest BCUT2D eigenvalue weighted by Crippen LogP contribution is -2.44. The van der Waals surface area contributed by atoms with Crippen LogP contribution in [0.5, 0.6) is 0 Å². The molecule has 0 fully saturated rings. The van der Waals surface area contributed by atoms with Crippen LogP contribution in [0.4, 0.5) is 10.5 Å². The van der Waals surface area contributed by atoms with Crippen molar-refractivity contribution in [1.82, 2.24) is 0 Å². The molecule has 1 aliphatic rings. The summed E-state index contributed by atoms with van der Waals surface area (Å²) in [5, 5.41) is 0.895. The van der Waals surface area contributed by atoms with Crippen LogP contribution in [0.1, 0.15) is 5.56 Å². The van der Waals surface area contributed by atoms with Crippen molar-refractivity contribution in [3.8, 4) is 0 Å². The molecule has 0 aliphatic carbocycles. The number of anilines is 1. The fraction of sp³-hybridized carbons (Fsp3) is 0.222. The maximum Gasteiger partial charge on any atom is 0.413 e. The van der Waals surface area contributed by atoms with Crippen molar-refractivity contribution in [2.24, 2.45) is 0 Å². The SMILES string of the molecule is O=C1Nc2ccc(Cl)cc2C(Cl)(C(Cl)(Cl)Cl)O1. The van der Waals surface area contributed by atoms with E-state index in [2.05, 4.69) is 5.32 Å². The fourth-order valence-electron chi connectivity index (χ4n) is 1.42. The first kappa shape index (κ1) is 13.4. The molecular formula is C9H4Cl5NO2. The standard InChI is InChI=1S/C9H4Cl5NO2/c10-4-1-2-6-5(3-4)8(11,9(12,13)14)17-7(16)15-6/h1-3H,(H,15,16). The van der Waals surface area contributed by atoms with Crippen LogP contribution in [-0.4, -0.2) is 9.89 Å². The number of rotatable bonds is 0. The van der Waals surface area contributed by atoms with Gasteiger partial charge in [0, 0.05) is 10.6 Å². The summed E-state index contributed by atoms with van der Waals surface area (Å²) in [5.41, 5.74) is 0.665. The number of hydrogen-bond donors (Lipinski definition) is 1. The van der Waals surface area contributed by atoms with Crippen molar-refractivity contribution >= 4 is 69.8 Å². The van der Waals surface area contributed by atoms with Crippen molar-refractivity contribution in [1.29, 1.82) is 0 Å². The molecule has 1 aliphatic heterocycles. The average Bonchev–Trinajstić information content (AvgIpc) is 2.17. The Balaban J connectivity index is 2.65. The number of nitrogens with one attached hydrogen (secondary N) is 1. The Morgan fingerprint density at radius 2 is 1.94 bits per heavy atom. The Kier molecular flexibility index (Phi) is 3.34. The van der Waals surface area contributed by atoms with E-state index in [0.29, 0.717) is 10.7 Å². The van der Waals surface area contributed by atoms with E-state index in [0.717, 1.165) is 0 Å². The maximum atomic E-state index is 11.3. The number of carbonyl (C=O) groups excluding carboxylic acids is 1. The van der Waals surface area contributed by atoms with Crippen LogP contribution in [-0.2, 0) is 9.80 Å². The van der Waals surface area contributed by atoms with Gasteiger partial charge in [0.25, 0.3) is 5.06 Å².